The number of sulfone groups is 2. The van der Waals surface area contributed by atoms with E-state index in [9.17, 15) is 26.4 Å². The lowest BCUT2D eigenvalue weighted by atomic mass is 10.0. The number of thiazole rings is 2. The lowest BCUT2D eigenvalue weighted by molar-refractivity contribution is 0.0519. The molecule has 0 fully saturated rings. The Kier molecular flexibility index (Phi) is 17.7. The van der Waals surface area contributed by atoms with Gasteiger partial charge in [-0.25, -0.2) is 36.4 Å². The monoisotopic (exact) mass is 1090 g/mol. The molecule has 4 heterocycles. The Labute approximate surface area is 431 Å². The summed E-state index contributed by atoms with van der Waals surface area (Å²) in [6.45, 7) is 3.93. The Morgan fingerprint density at radius 2 is 0.800 bits per heavy atom. The quantitative estimate of drug-likeness (QED) is 0.0989. The third-order valence-corrected chi connectivity index (χ3v) is 17.6. The molecule has 0 bridgehead atoms. The van der Waals surface area contributed by atoms with Gasteiger partial charge in [0.25, 0.3) is 0 Å². The van der Waals surface area contributed by atoms with Gasteiger partial charge in [0.1, 0.15) is 29.8 Å². The van der Waals surface area contributed by atoms with Gasteiger partial charge in [-0.3, -0.25) is 0 Å². The predicted molar refractivity (Wildman–Crippen MR) is 282 cm³/mol. The molecule has 0 unspecified atom stereocenters. The van der Waals surface area contributed by atoms with E-state index in [1.165, 1.54) is 46.9 Å². The first kappa shape index (κ1) is 51.6. The normalized spacial score (nSPS) is 11.0. The van der Waals surface area contributed by atoms with Gasteiger partial charge in [-0.15, -0.1) is 22.7 Å². The number of hydrogen-bond donors (Lipinski definition) is 2. The number of anilines is 4. The summed E-state index contributed by atoms with van der Waals surface area (Å²) < 4.78 is 62.3. The van der Waals surface area contributed by atoms with E-state index in [0.717, 1.165) is 44.9 Å². The molecule has 0 aliphatic heterocycles. The summed E-state index contributed by atoms with van der Waals surface area (Å²) >= 11 is 17.1. The van der Waals surface area contributed by atoms with Crippen molar-refractivity contribution in [2.24, 2.45) is 0 Å². The maximum absolute atomic E-state index is 12.9. The average molecular weight is 1090 g/mol. The number of hydrogen-bond acceptors (Lipinski definition) is 16. The fourth-order valence-corrected chi connectivity index (χ4v) is 14.1. The van der Waals surface area contributed by atoms with Gasteiger partial charge in [0.05, 0.1) is 23.0 Å². The largest absolute Gasteiger partial charge is 0.462 e. The van der Waals surface area contributed by atoms with Gasteiger partial charge in [-0.2, -0.15) is 0 Å². The van der Waals surface area contributed by atoms with E-state index in [-0.39, 0.29) is 52.0 Å². The van der Waals surface area contributed by atoms with Gasteiger partial charge in [0.2, 0.25) is 19.7 Å². The van der Waals surface area contributed by atoms with Gasteiger partial charge in [-0.1, -0.05) is 179 Å². The summed E-state index contributed by atoms with van der Waals surface area (Å²) in [6.07, 6.45) is 0. The van der Waals surface area contributed by atoms with Crippen LogP contribution in [0.15, 0.2) is 188 Å². The molecule has 0 atom stereocenters. The van der Waals surface area contributed by atoms with Crippen molar-refractivity contribution in [3.63, 3.8) is 0 Å². The first-order chi connectivity index (χ1) is 33.8. The van der Waals surface area contributed by atoms with Crippen molar-refractivity contribution in [2.75, 3.05) is 23.8 Å². The predicted octanol–water partition coefficient (Wildman–Crippen LogP) is 14.2. The van der Waals surface area contributed by atoms with Crippen LogP contribution in [0.25, 0.3) is 22.3 Å². The Hall–Kier alpha value is -6.22. The number of benzene rings is 5. The molecule has 0 aliphatic carbocycles. The lowest BCUT2D eigenvalue weighted by Crippen LogP contribution is -2.07. The van der Waals surface area contributed by atoms with Gasteiger partial charge in [0.15, 0.2) is 20.3 Å². The SMILES string of the molecule is CCOC(=O)c1c(-c2ccccc2)csc1Nc1nc(S(=O)(=O)c2ccccc2)c(Cl)s1.CCOC(=O)c1c(-c2ccccc2)csc1Nc1nc(S(=O)(=O)c2ccccc2)c(Cl)s1.c1ccccc1. The van der Waals surface area contributed by atoms with Crippen molar-refractivity contribution in [2.45, 2.75) is 33.7 Å². The Morgan fingerprint density at radius 1 is 0.500 bits per heavy atom. The molecular formula is C50H40Cl2N4O8S6. The average Bonchev–Trinajstić information content (AvgIpc) is 4.19. The van der Waals surface area contributed by atoms with E-state index in [0.29, 0.717) is 21.1 Å². The smallest absolute Gasteiger partial charge is 0.341 e. The number of ether oxygens (including phenoxy) is 2. The minimum Gasteiger partial charge on any atom is -0.462 e. The molecule has 2 N–H and O–H groups in total. The third kappa shape index (κ3) is 12.4. The molecule has 0 radical (unpaired) electrons. The highest BCUT2D eigenvalue weighted by molar-refractivity contribution is 7.92. The molecule has 5 aromatic carbocycles. The van der Waals surface area contributed by atoms with Crippen molar-refractivity contribution >= 4 is 120 Å². The molecule has 0 aliphatic rings. The maximum Gasteiger partial charge on any atom is 0.341 e. The van der Waals surface area contributed by atoms with Crippen LogP contribution in [0.3, 0.4) is 0 Å². The number of nitrogens with one attached hydrogen (secondary N) is 2. The van der Waals surface area contributed by atoms with Crippen LogP contribution in [0, 0.1) is 0 Å². The summed E-state index contributed by atoms with van der Waals surface area (Å²) in [4.78, 5) is 34.1. The van der Waals surface area contributed by atoms with Crippen LogP contribution < -0.4 is 10.6 Å². The Bertz CT molecular complexity index is 3150. The van der Waals surface area contributed by atoms with Crippen molar-refractivity contribution < 1.29 is 35.9 Å². The molecule has 12 nitrogen and oxygen atoms in total. The van der Waals surface area contributed by atoms with Crippen LogP contribution in [0.1, 0.15) is 34.6 Å². The molecular weight excluding hydrogens is 1050 g/mol. The van der Waals surface area contributed by atoms with Crippen molar-refractivity contribution in [3.05, 3.63) is 188 Å². The third-order valence-electron chi connectivity index (χ3n) is 9.55. The molecule has 0 saturated heterocycles. The van der Waals surface area contributed by atoms with Gasteiger partial charge in [-0.05, 0) is 49.2 Å². The zero-order valence-corrected chi connectivity index (χ0v) is 43.4. The number of nitrogens with zero attached hydrogens (tertiary/aromatic N) is 2. The van der Waals surface area contributed by atoms with E-state index >= 15 is 0 Å². The molecule has 9 aromatic rings. The van der Waals surface area contributed by atoms with E-state index in [1.54, 1.807) is 50.2 Å². The van der Waals surface area contributed by atoms with Crippen LogP contribution in [0.4, 0.5) is 20.3 Å². The van der Waals surface area contributed by atoms with Gasteiger partial charge >= 0.3 is 11.9 Å². The second-order valence-electron chi connectivity index (χ2n) is 14.1. The zero-order chi connectivity index (χ0) is 49.7. The summed E-state index contributed by atoms with van der Waals surface area (Å²) in [6, 6.07) is 46.9. The molecule has 4 aromatic heterocycles. The Morgan fingerprint density at radius 3 is 1.11 bits per heavy atom. The topological polar surface area (TPSA) is 171 Å². The summed E-state index contributed by atoms with van der Waals surface area (Å²) in [5.41, 5.74) is 3.89. The van der Waals surface area contributed by atoms with E-state index in [1.807, 2.05) is 108 Å². The summed E-state index contributed by atoms with van der Waals surface area (Å²) in [7, 11) is -7.75. The van der Waals surface area contributed by atoms with E-state index < -0.39 is 31.6 Å². The number of esters is 2. The fraction of sp³-hybridized carbons (Fsp3) is 0.0800. The van der Waals surface area contributed by atoms with Crippen molar-refractivity contribution in [3.8, 4) is 22.3 Å². The summed E-state index contributed by atoms with van der Waals surface area (Å²) in [5.74, 6) is -0.954. The zero-order valence-electron chi connectivity index (χ0n) is 36.9. The van der Waals surface area contributed by atoms with Crippen LogP contribution in [0.2, 0.25) is 8.67 Å². The minimum atomic E-state index is -3.87. The first-order valence-electron chi connectivity index (χ1n) is 21.0. The molecule has 0 spiro atoms. The van der Waals surface area contributed by atoms with Crippen LogP contribution in [-0.2, 0) is 29.1 Å². The molecule has 0 amide bonds. The second-order valence-corrected chi connectivity index (χ2v) is 22.8. The number of aromatic nitrogens is 2. The van der Waals surface area contributed by atoms with Gasteiger partial charge in [0, 0.05) is 21.9 Å². The molecule has 20 heteroatoms. The molecule has 358 valence electrons. The number of carbonyl (C=O) groups is 2. The number of thiophene rings is 2. The lowest BCUT2D eigenvalue weighted by Gasteiger charge is -2.08. The van der Waals surface area contributed by atoms with Crippen LogP contribution >= 0.6 is 68.5 Å². The van der Waals surface area contributed by atoms with E-state index in [2.05, 4.69) is 20.6 Å². The highest BCUT2D eigenvalue weighted by Gasteiger charge is 2.29. The highest BCUT2D eigenvalue weighted by atomic mass is 35.5. The van der Waals surface area contributed by atoms with Crippen LogP contribution in [-0.4, -0.2) is 52.0 Å². The van der Waals surface area contributed by atoms with Gasteiger partial charge < -0.3 is 20.1 Å². The summed E-state index contributed by atoms with van der Waals surface area (Å²) in [5, 5.41) is 10.9. The number of halogens is 2. The minimum absolute atomic E-state index is 0.0360. The fourth-order valence-electron chi connectivity index (χ4n) is 6.39. The molecule has 9 rings (SSSR count). The highest BCUT2D eigenvalue weighted by Crippen LogP contribution is 2.43. The Balaban J connectivity index is 0.000000184. The second kappa shape index (κ2) is 24.1. The molecule has 70 heavy (non-hydrogen) atoms. The first-order valence-corrected chi connectivity index (χ1v) is 28.1. The number of rotatable bonds is 14. The number of carbonyl (C=O) groups excluding carboxylic acids is 2. The van der Waals surface area contributed by atoms with Crippen molar-refractivity contribution in [1.29, 1.82) is 0 Å². The van der Waals surface area contributed by atoms with Crippen LogP contribution in [0.5, 0.6) is 0 Å². The maximum atomic E-state index is 12.9. The van der Waals surface area contributed by atoms with E-state index in [4.69, 9.17) is 32.7 Å². The van der Waals surface area contributed by atoms with Crippen molar-refractivity contribution in [1.82, 2.24) is 9.97 Å². The standard InChI is InChI=1S/2C22H17ClN2O4S3.C6H6/c2*1-2-29-21(26)17-16(14-9-5-3-6-10-14)13-30-19(17)24-22-25-20(18(23)31-22)32(27,28)15-11-7-4-8-12-15;1-2-4-6-5-3-1/h2*3-13H,2H2,1H3,(H,24,25);1-6H. The molecule has 0 saturated carbocycles.